The lowest BCUT2D eigenvalue weighted by atomic mass is 10.0. The highest BCUT2D eigenvalue weighted by molar-refractivity contribution is 6.29. The molecule has 6 nitrogen and oxygen atoms in total. The Kier molecular flexibility index (Phi) is 5.22. The molecular formula is C24H20ClN5O. The minimum absolute atomic E-state index is 0.187. The summed E-state index contributed by atoms with van der Waals surface area (Å²) in [5.74, 6) is 0.697. The first-order chi connectivity index (χ1) is 15.2. The third-order valence-electron chi connectivity index (χ3n) is 5.26. The second kappa shape index (κ2) is 8.32. The fraction of sp³-hybridized carbons (Fsp3) is 0.167. The number of hydrogen-bond acceptors (Lipinski definition) is 5. The molecule has 0 atom stereocenters. The predicted molar refractivity (Wildman–Crippen MR) is 122 cm³/mol. The zero-order valence-electron chi connectivity index (χ0n) is 16.7. The Bertz CT molecular complexity index is 1250. The molecule has 1 saturated carbocycles. The smallest absolute Gasteiger partial charge is 0.253 e. The van der Waals surface area contributed by atoms with E-state index in [-0.39, 0.29) is 5.91 Å². The van der Waals surface area contributed by atoms with Crippen LogP contribution in [-0.4, -0.2) is 26.9 Å². The van der Waals surface area contributed by atoms with E-state index in [2.05, 4.69) is 49.9 Å². The monoisotopic (exact) mass is 429 g/mol. The Morgan fingerprint density at radius 3 is 2.68 bits per heavy atom. The summed E-state index contributed by atoms with van der Waals surface area (Å²) in [5.41, 5.74) is 4.56. The standard InChI is InChI=1S/C24H20ClN5O/c25-22-9-5-18(13-26-22)24(31)27-12-15-2-1-3-16(10-15)17-4-8-21-20(11-17)23(29-14-28-21)30-19-6-7-19/h1-5,8-11,13-14,19H,6-7,12H2,(H,27,31)(H,28,29,30). The van der Waals surface area contributed by atoms with Gasteiger partial charge in [0.25, 0.3) is 5.91 Å². The quantitative estimate of drug-likeness (QED) is 0.428. The number of nitrogens with one attached hydrogen (secondary N) is 2. The summed E-state index contributed by atoms with van der Waals surface area (Å²) in [5, 5.41) is 7.79. The summed E-state index contributed by atoms with van der Waals surface area (Å²) in [7, 11) is 0. The minimum atomic E-state index is -0.187. The Labute approximate surface area is 184 Å². The lowest BCUT2D eigenvalue weighted by Crippen LogP contribution is -2.22. The van der Waals surface area contributed by atoms with Crippen molar-refractivity contribution in [1.29, 1.82) is 0 Å². The Morgan fingerprint density at radius 2 is 1.87 bits per heavy atom. The highest BCUT2D eigenvalue weighted by Gasteiger charge is 2.22. The molecule has 0 bridgehead atoms. The highest BCUT2D eigenvalue weighted by atomic mass is 35.5. The van der Waals surface area contributed by atoms with E-state index >= 15 is 0 Å². The van der Waals surface area contributed by atoms with Crippen molar-refractivity contribution in [3.05, 3.63) is 83.4 Å². The van der Waals surface area contributed by atoms with E-state index in [0.717, 1.165) is 33.4 Å². The zero-order valence-corrected chi connectivity index (χ0v) is 17.4. The molecule has 0 aliphatic heterocycles. The normalized spacial score (nSPS) is 13.2. The van der Waals surface area contributed by atoms with Crippen molar-refractivity contribution >= 4 is 34.2 Å². The van der Waals surface area contributed by atoms with Gasteiger partial charge in [-0.3, -0.25) is 4.79 Å². The molecule has 0 saturated heterocycles. The van der Waals surface area contributed by atoms with Crippen molar-refractivity contribution in [1.82, 2.24) is 20.3 Å². The highest BCUT2D eigenvalue weighted by Crippen LogP contribution is 2.30. The second-order valence-corrected chi connectivity index (χ2v) is 8.01. The number of halogens is 1. The van der Waals surface area contributed by atoms with Crippen LogP contribution >= 0.6 is 11.6 Å². The fourth-order valence-corrected chi connectivity index (χ4v) is 3.54. The van der Waals surface area contributed by atoms with Crippen molar-refractivity contribution in [2.75, 3.05) is 5.32 Å². The van der Waals surface area contributed by atoms with E-state index in [1.807, 2.05) is 18.2 Å². The number of anilines is 1. The van der Waals surface area contributed by atoms with E-state index in [1.165, 1.54) is 19.0 Å². The van der Waals surface area contributed by atoms with Crippen LogP contribution in [0, 0.1) is 0 Å². The van der Waals surface area contributed by atoms with Crippen molar-refractivity contribution in [2.24, 2.45) is 0 Å². The molecule has 1 amide bonds. The molecule has 2 N–H and O–H groups in total. The first-order valence-corrected chi connectivity index (χ1v) is 10.5. The molecule has 2 aromatic carbocycles. The predicted octanol–water partition coefficient (Wildman–Crippen LogP) is 4.85. The van der Waals surface area contributed by atoms with E-state index in [0.29, 0.717) is 23.3 Å². The molecule has 1 fully saturated rings. The molecule has 31 heavy (non-hydrogen) atoms. The number of benzene rings is 2. The molecule has 0 unspecified atom stereocenters. The number of amides is 1. The topological polar surface area (TPSA) is 79.8 Å². The molecule has 5 rings (SSSR count). The lowest BCUT2D eigenvalue weighted by molar-refractivity contribution is 0.0950. The van der Waals surface area contributed by atoms with Crippen LogP contribution in [0.5, 0.6) is 0 Å². The van der Waals surface area contributed by atoms with Gasteiger partial charge in [-0.25, -0.2) is 15.0 Å². The van der Waals surface area contributed by atoms with E-state index in [1.54, 1.807) is 18.5 Å². The first kappa shape index (κ1) is 19.5. The average Bonchev–Trinajstić information content (AvgIpc) is 3.62. The SMILES string of the molecule is O=C(NCc1cccc(-c2ccc3ncnc(NC4CC4)c3c2)c1)c1ccc(Cl)nc1. The van der Waals surface area contributed by atoms with Crippen molar-refractivity contribution in [2.45, 2.75) is 25.4 Å². The van der Waals surface area contributed by atoms with Crippen LogP contribution in [-0.2, 0) is 6.54 Å². The molecule has 154 valence electrons. The van der Waals surface area contributed by atoms with E-state index in [9.17, 15) is 4.79 Å². The summed E-state index contributed by atoms with van der Waals surface area (Å²) >= 11 is 5.78. The van der Waals surface area contributed by atoms with Crippen LogP contribution in [0.25, 0.3) is 22.0 Å². The summed E-state index contributed by atoms with van der Waals surface area (Å²) in [6.07, 6.45) is 5.45. The maximum absolute atomic E-state index is 12.3. The lowest BCUT2D eigenvalue weighted by Gasteiger charge is -2.10. The third-order valence-corrected chi connectivity index (χ3v) is 5.48. The molecule has 7 heteroatoms. The van der Waals surface area contributed by atoms with Gasteiger partial charge in [-0.05, 0) is 59.9 Å². The molecule has 1 aliphatic carbocycles. The van der Waals surface area contributed by atoms with Gasteiger partial charge in [0.2, 0.25) is 0 Å². The van der Waals surface area contributed by atoms with Gasteiger partial charge in [-0.1, -0.05) is 35.9 Å². The number of fused-ring (bicyclic) bond motifs is 1. The molecule has 0 radical (unpaired) electrons. The van der Waals surface area contributed by atoms with Gasteiger partial charge >= 0.3 is 0 Å². The number of carbonyl (C=O) groups excluding carboxylic acids is 1. The summed E-state index contributed by atoms with van der Waals surface area (Å²) < 4.78 is 0. The third kappa shape index (κ3) is 4.49. The average molecular weight is 430 g/mol. The number of pyridine rings is 1. The number of hydrogen-bond donors (Lipinski definition) is 2. The van der Waals surface area contributed by atoms with Gasteiger partial charge in [0, 0.05) is 24.2 Å². The van der Waals surface area contributed by atoms with Crippen LogP contribution in [0.2, 0.25) is 5.15 Å². The number of aromatic nitrogens is 3. The van der Waals surface area contributed by atoms with Gasteiger partial charge in [-0.2, -0.15) is 0 Å². The maximum Gasteiger partial charge on any atom is 0.253 e. The first-order valence-electron chi connectivity index (χ1n) is 10.2. The molecular weight excluding hydrogens is 410 g/mol. The number of carbonyl (C=O) groups is 1. The van der Waals surface area contributed by atoms with Gasteiger partial charge in [0.15, 0.2) is 0 Å². The van der Waals surface area contributed by atoms with Crippen LogP contribution in [0.1, 0.15) is 28.8 Å². The zero-order chi connectivity index (χ0) is 21.2. The van der Waals surface area contributed by atoms with Gasteiger partial charge in [-0.15, -0.1) is 0 Å². The molecule has 1 aliphatic rings. The van der Waals surface area contributed by atoms with E-state index in [4.69, 9.17) is 11.6 Å². The Hall–Kier alpha value is -3.51. The summed E-state index contributed by atoms with van der Waals surface area (Å²) in [6, 6.07) is 18.1. The largest absolute Gasteiger partial charge is 0.367 e. The summed E-state index contributed by atoms with van der Waals surface area (Å²) in [6.45, 7) is 0.417. The van der Waals surface area contributed by atoms with Crippen LogP contribution in [0.3, 0.4) is 0 Å². The van der Waals surface area contributed by atoms with Crippen molar-refractivity contribution in [3.63, 3.8) is 0 Å². The Balaban J connectivity index is 1.36. The fourth-order valence-electron chi connectivity index (χ4n) is 3.43. The van der Waals surface area contributed by atoms with Crippen LogP contribution in [0.4, 0.5) is 5.82 Å². The van der Waals surface area contributed by atoms with Crippen molar-refractivity contribution in [3.8, 4) is 11.1 Å². The molecule has 4 aromatic rings. The maximum atomic E-state index is 12.3. The minimum Gasteiger partial charge on any atom is -0.367 e. The van der Waals surface area contributed by atoms with Gasteiger partial charge in [0.1, 0.15) is 17.3 Å². The van der Waals surface area contributed by atoms with Crippen LogP contribution in [0.15, 0.2) is 67.1 Å². The van der Waals surface area contributed by atoms with Gasteiger partial charge in [0.05, 0.1) is 11.1 Å². The van der Waals surface area contributed by atoms with E-state index < -0.39 is 0 Å². The van der Waals surface area contributed by atoms with Gasteiger partial charge < -0.3 is 10.6 Å². The molecule has 2 heterocycles. The molecule has 2 aromatic heterocycles. The number of rotatable bonds is 6. The van der Waals surface area contributed by atoms with Crippen LogP contribution < -0.4 is 10.6 Å². The second-order valence-electron chi connectivity index (χ2n) is 7.63. The summed E-state index contributed by atoms with van der Waals surface area (Å²) in [4.78, 5) is 25.1. The number of nitrogens with zero attached hydrogens (tertiary/aromatic N) is 3. The van der Waals surface area contributed by atoms with Crippen molar-refractivity contribution < 1.29 is 4.79 Å². The Morgan fingerprint density at radius 1 is 1.00 bits per heavy atom. The molecule has 0 spiro atoms.